The molecule has 204 valence electrons. The molecule has 0 spiro atoms. The summed E-state index contributed by atoms with van der Waals surface area (Å²) in [6, 6.07) is 0. The SMILES string of the molecule is C.C.C.C.CCC(C)(CC(C)(C)C(=O)NO)C(=O)OC12CC3CC(C1)CC(OC(C)OC)(C3)C2. The Bertz CT molecular complexity index is 664. The van der Waals surface area contributed by atoms with Crippen LogP contribution in [-0.2, 0) is 23.8 Å². The first-order valence-corrected chi connectivity index (χ1v) is 11.3. The minimum atomic E-state index is -0.891. The Kier molecular flexibility index (Phi) is 12.5. The molecule has 0 radical (unpaired) electrons. The molecule has 0 aromatic heterocycles. The summed E-state index contributed by atoms with van der Waals surface area (Å²) in [5, 5.41) is 9.07. The summed E-state index contributed by atoms with van der Waals surface area (Å²) < 4.78 is 18.1. The summed E-state index contributed by atoms with van der Waals surface area (Å²) in [5.41, 5.74) is -0.747. The van der Waals surface area contributed by atoms with Gasteiger partial charge in [-0.1, -0.05) is 50.5 Å². The Labute approximate surface area is 209 Å². The quantitative estimate of drug-likeness (QED) is 0.166. The van der Waals surface area contributed by atoms with E-state index in [-0.39, 0.29) is 47.6 Å². The topological polar surface area (TPSA) is 94.1 Å². The highest BCUT2D eigenvalue weighted by Gasteiger charge is 2.61. The maximum absolute atomic E-state index is 13.5. The summed E-state index contributed by atoms with van der Waals surface area (Å²) in [4.78, 5) is 25.6. The standard InChI is InChI=1S/C23H39NO6.4CH4/c1-7-21(5,13-20(3,4)18(25)24-27)19(26)30-23-11-16-8-17(12-23)10-22(9-16,14-23)29-15(2)28-6;;;;/h15-17,27H,7-14H2,1-6H3,(H,24,25);4*1H4. The number of carbonyl (C=O) groups excluding carboxylic acids is 2. The van der Waals surface area contributed by atoms with E-state index in [0.29, 0.717) is 31.1 Å². The Hall–Kier alpha value is -1.18. The van der Waals surface area contributed by atoms with Gasteiger partial charge in [0.2, 0.25) is 5.91 Å². The number of rotatable bonds is 9. The molecule has 34 heavy (non-hydrogen) atoms. The first-order valence-electron chi connectivity index (χ1n) is 11.3. The number of esters is 1. The average molecular weight is 490 g/mol. The van der Waals surface area contributed by atoms with Crippen molar-refractivity contribution < 1.29 is 29.0 Å². The predicted molar refractivity (Wildman–Crippen MR) is 137 cm³/mol. The van der Waals surface area contributed by atoms with Gasteiger partial charge in [0.05, 0.1) is 11.0 Å². The van der Waals surface area contributed by atoms with Crippen LogP contribution in [0.3, 0.4) is 0 Å². The van der Waals surface area contributed by atoms with Crippen molar-refractivity contribution in [3.63, 3.8) is 0 Å². The molecule has 0 aromatic carbocycles. The fourth-order valence-electron chi connectivity index (χ4n) is 6.62. The Morgan fingerprint density at radius 1 is 1.03 bits per heavy atom. The van der Waals surface area contributed by atoms with Gasteiger partial charge in [-0.05, 0) is 70.6 Å². The van der Waals surface area contributed by atoms with Crippen LogP contribution in [0, 0.1) is 22.7 Å². The van der Waals surface area contributed by atoms with Crippen LogP contribution < -0.4 is 5.48 Å². The lowest BCUT2D eigenvalue weighted by Crippen LogP contribution is -2.62. The summed E-state index contributed by atoms with van der Waals surface area (Å²) in [6.45, 7) is 9.19. The maximum atomic E-state index is 13.5. The second kappa shape index (κ2) is 12.2. The van der Waals surface area contributed by atoms with E-state index < -0.39 is 22.3 Å². The third-order valence-corrected chi connectivity index (χ3v) is 7.83. The number of carbonyl (C=O) groups is 2. The number of hydroxylamine groups is 1. The molecule has 4 bridgehead atoms. The third-order valence-electron chi connectivity index (χ3n) is 7.83. The number of hydrogen-bond acceptors (Lipinski definition) is 6. The van der Waals surface area contributed by atoms with Gasteiger partial charge in [-0.3, -0.25) is 14.8 Å². The highest BCUT2D eigenvalue weighted by atomic mass is 16.7. The molecule has 0 aliphatic heterocycles. The lowest BCUT2D eigenvalue weighted by atomic mass is 9.52. The number of hydrogen-bond donors (Lipinski definition) is 2. The lowest BCUT2D eigenvalue weighted by molar-refractivity contribution is -0.277. The van der Waals surface area contributed by atoms with E-state index in [4.69, 9.17) is 19.4 Å². The molecule has 1 amide bonds. The Morgan fingerprint density at radius 3 is 1.97 bits per heavy atom. The molecular weight excluding hydrogens is 434 g/mol. The number of amides is 1. The van der Waals surface area contributed by atoms with E-state index in [0.717, 1.165) is 25.7 Å². The van der Waals surface area contributed by atoms with Crippen LogP contribution in [-0.4, -0.2) is 41.7 Å². The van der Waals surface area contributed by atoms with Crippen molar-refractivity contribution in [2.45, 2.75) is 133 Å². The van der Waals surface area contributed by atoms with Crippen molar-refractivity contribution in [3.05, 3.63) is 0 Å². The van der Waals surface area contributed by atoms with Crippen LogP contribution in [0.5, 0.6) is 0 Å². The van der Waals surface area contributed by atoms with Crippen LogP contribution in [0.1, 0.15) is 116 Å². The van der Waals surface area contributed by atoms with Crippen molar-refractivity contribution in [1.29, 1.82) is 0 Å². The van der Waals surface area contributed by atoms with Crippen molar-refractivity contribution in [2.75, 3.05) is 7.11 Å². The molecule has 4 saturated carbocycles. The smallest absolute Gasteiger partial charge is 0.312 e. The van der Waals surface area contributed by atoms with Crippen LogP contribution in [0.25, 0.3) is 0 Å². The van der Waals surface area contributed by atoms with Gasteiger partial charge in [0, 0.05) is 18.9 Å². The molecule has 4 aliphatic rings. The van der Waals surface area contributed by atoms with Crippen LogP contribution in [0.4, 0.5) is 0 Å². The fraction of sp³-hybridized carbons (Fsp3) is 0.926. The summed E-state index contributed by atoms with van der Waals surface area (Å²) >= 11 is 0. The highest BCUT2D eigenvalue weighted by Crippen LogP contribution is 2.61. The monoisotopic (exact) mass is 489 g/mol. The Balaban J connectivity index is 0. The summed E-state index contributed by atoms with van der Waals surface area (Å²) in [6.07, 6.45) is 6.26. The number of nitrogens with one attached hydrogen (secondary N) is 1. The first-order chi connectivity index (χ1) is 13.9. The zero-order chi connectivity index (χ0) is 22.4. The van der Waals surface area contributed by atoms with Crippen LogP contribution >= 0.6 is 0 Å². The second-order valence-electron chi connectivity index (χ2n) is 11.1. The molecular formula is C27H55NO6. The normalized spacial score (nSPS) is 31.4. The lowest BCUT2D eigenvalue weighted by Gasteiger charge is -2.61. The van der Waals surface area contributed by atoms with Crippen LogP contribution in [0.15, 0.2) is 0 Å². The van der Waals surface area contributed by atoms with Crippen LogP contribution in [0.2, 0.25) is 0 Å². The van der Waals surface area contributed by atoms with Crippen molar-refractivity contribution in [2.24, 2.45) is 22.7 Å². The third kappa shape index (κ3) is 6.73. The van der Waals surface area contributed by atoms with Gasteiger partial charge in [0.1, 0.15) is 5.60 Å². The van der Waals surface area contributed by atoms with Crippen molar-refractivity contribution >= 4 is 11.9 Å². The Morgan fingerprint density at radius 2 is 1.53 bits per heavy atom. The molecule has 4 atom stereocenters. The molecule has 4 aliphatic carbocycles. The summed E-state index contributed by atoms with van der Waals surface area (Å²) in [7, 11) is 1.65. The molecule has 4 unspecified atom stereocenters. The zero-order valence-electron chi connectivity index (χ0n) is 19.4. The second-order valence-corrected chi connectivity index (χ2v) is 11.1. The molecule has 2 N–H and O–H groups in total. The van der Waals surface area contributed by atoms with E-state index in [1.165, 1.54) is 6.42 Å². The molecule has 4 fully saturated rings. The number of methoxy groups -OCH3 is 1. The number of ether oxygens (including phenoxy) is 3. The van der Waals surface area contributed by atoms with Gasteiger partial charge >= 0.3 is 5.97 Å². The molecule has 0 heterocycles. The van der Waals surface area contributed by atoms with Crippen molar-refractivity contribution in [3.8, 4) is 0 Å². The van der Waals surface area contributed by atoms with Gasteiger partial charge < -0.3 is 14.2 Å². The largest absolute Gasteiger partial charge is 0.459 e. The van der Waals surface area contributed by atoms with E-state index in [1.54, 1.807) is 26.4 Å². The molecule has 0 saturated heterocycles. The van der Waals surface area contributed by atoms with Gasteiger partial charge in [-0.25, -0.2) is 5.48 Å². The molecule has 0 aromatic rings. The van der Waals surface area contributed by atoms with Crippen molar-refractivity contribution in [1.82, 2.24) is 5.48 Å². The van der Waals surface area contributed by atoms with E-state index >= 15 is 0 Å². The van der Waals surface area contributed by atoms with Gasteiger partial charge in [-0.15, -0.1) is 0 Å². The first kappa shape index (κ1) is 35.0. The zero-order valence-corrected chi connectivity index (χ0v) is 19.4. The van der Waals surface area contributed by atoms with E-state index in [1.807, 2.05) is 20.8 Å². The average Bonchev–Trinajstić information content (AvgIpc) is 2.64. The predicted octanol–water partition coefficient (Wildman–Crippen LogP) is 6.51. The molecule has 7 heteroatoms. The van der Waals surface area contributed by atoms with E-state index in [2.05, 4.69) is 0 Å². The minimum Gasteiger partial charge on any atom is -0.459 e. The summed E-state index contributed by atoms with van der Waals surface area (Å²) in [5.74, 6) is 0.270. The van der Waals surface area contributed by atoms with Gasteiger partial charge in [-0.2, -0.15) is 0 Å². The van der Waals surface area contributed by atoms with Gasteiger partial charge in [0.15, 0.2) is 6.29 Å². The van der Waals surface area contributed by atoms with Gasteiger partial charge in [0.25, 0.3) is 0 Å². The van der Waals surface area contributed by atoms with E-state index in [9.17, 15) is 9.59 Å². The maximum Gasteiger partial charge on any atom is 0.312 e. The minimum absolute atomic E-state index is 0. The molecule has 7 nitrogen and oxygen atoms in total. The molecule has 4 rings (SSSR count). The fourth-order valence-corrected chi connectivity index (χ4v) is 6.62. The highest BCUT2D eigenvalue weighted by molar-refractivity contribution is 5.83.